The van der Waals surface area contributed by atoms with Crippen LogP contribution >= 0.6 is 0 Å². The Hall–Kier alpha value is -2.10. The van der Waals surface area contributed by atoms with Crippen molar-refractivity contribution in [1.29, 1.82) is 0 Å². The number of fused-ring (bicyclic) bond motifs is 1. The summed E-state index contributed by atoms with van der Waals surface area (Å²) in [5.74, 6) is -0.437. The quantitative estimate of drug-likeness (QED) is 0.622. The Morgan fingerprint density at radius 3 is 1.77 bits per heavy atom. The third-order valence-corrected chi connectivity index (χ3v) is 4.97. The molecule has 1 aliphatic carbocycles. The van der Waals surface area contributed by atoms with Gasteiger partial charge < -0.3 is 4.90 Å². The van der Waals surface area contributed by atoms with Crippen molar-refractivity contribution in [1.82, 2.24) is 0 Å². The Morgan fingerprint density at radius 2 is 1.36 bits per heavy atom. The highest BCUT2D eigenvalue weighted by atomic mass is 16.2. The van der Waals surface area contributed by atoms with Gasteiger partial charge in [-0.15, -0.1) is 0 Å². The molecule has 0 spiro atoms. The zero-order chi connectivity index (χ0) is 16.0. The lowest BCUT2D eigenvalue weighted by Crippen LogP contribution is -2.30. The molecule has 3 rings (SSSR count). The number of carbonyl (C=O) groups is 2. The molecule has 2 amide bonds. The first-order valence-electron chi connectivity index (χ1n) is 7.70. The van der Waals surface area contributed by atoms with E-state index in [0.29, 0.717) is 18.5 Å². The highest BCUT2D eigenvalue weighted by Gasteiger charge is 2.49. The monoisotopic (exact) mass is 298 g/mol. The number of hydrogen-bond donors (Lipinski definition) is 0. The zero-order valence-electron chi connectivity index (χ0n) is 13.6. The number of imide groups is 1. The summed E-state index contributed by atoms with van der Waals surface area (Å²) in [6, 6.07) is 7.59. The predicted octanol–water partition coefficient (Wildman–Crippen LogP) is 2.99. The van der Waals surface area contributed by atoms with E-state index in [1.54, 1.807) is 0 Å². The predicted molar refractivity (Wildman–Crippen MR) is 87.9 cm³/mol. The summed E-state index contributed by atoms with van der Waals surface area (Å²) in [4.78, 5) is 28.8. The van der Waals surface area contributed by atoms with E-state index >= 15 is 0 Å². The van der Waals surface area contributed by atoms with Gasteiger partial charge in [0.25, 0.3) is 0 Å². The van der Waals surface area contributed by atoms with Gasteiger partial charge in [-0.3, -0.25) is 14.5 Å². The molecule has 0 radical (unpaired) electrons. The summed E-state index contributed by atoms with van der Waals surface area (Å²) in [7, 11) is 3.93. The summed E-state index contributed by atoms with van der Waals surface area (Å²) >= 11 is 0. The van der Waals surface area contributed by atoms with Crippen LogP contribution < -0.4 is 9.80 Å². The van der Waals surface area contributed by atoms with E-state index < -0.39 is 0 Å². The van der Waals surface area contributed by atoms with Gasteiger partial charge in [-0.2, -0.15) is 0 Å². The van der Waals surface area contributed by atoms with E-state index in [4.69, 9.17) is 0 Å². The van der Waals surface area contributed by atoms with Gasteiger partial charge in [0.2, 0.25) is 11.8 Å². The van der Waals surface area contributed by atoms with E-state index in [2.05, 4.69) is 13.8 Å². The van der Waals surface area contributed by atoms with Crippen LogP contribution in [-0.2, 0) is 9.59 Å². The lowest BCUT2D eigenvalue weighted by molar-refractivity contribution is -0.122. The van der Waals surface area contributed by atoms with Crippen molar-refractivity contribution in [3.8, 4) is 0 Å². The number of amides is 2. The molecular weight excluding hydrogens is 276 g/mol. The minimum Gasteiger partial charge on any atom is -0.378 e. The van der Waals surface area contributed by atoms with Crippen LogP contribution in [0, 0.1) is 11.8 Å². The summed E-state index contributed by atoms with van der Waals surface area (Å²) in [6.45, 7) is 4.13. The molecular formula is C18H22N2O2. The molecule has 22 heavy (non-hydrogen) atoms. The van der Waals surface area contributed by atoms with Gasteiger partial charge in [-0.25, -0.2) is 0 Å². The smallest absolute Gasteiger partial charge is 0.238 e. The molecule has 1 fully saturated rings. The van der Waals surface area contributed by atoms with Crippen molar-refractivity contribution in [3.05, 3.63) is 35.4 Å². The molecule has 2 atom stereocenters. The Morgan fingerprint density at radius 1 is 0.909 bits per heavy atom. The average Bonchev–Trinajstić information content (AvgIpc) is 2.72. The third-order valence-electron chi connectivity index (χ3n) is 4.97. The van der Waals surface area contributed by atoms with E-state index in [9.17, 15) is 9.59 Å². The van der Waals surface area contributed by atoms with Gasteiger partial charge in [0.05, 0.1) is 17.5 Å². The first-order chi connectivity index (χ1) is 10.4. The normalized spacial score (nSPS) is 24.8. The van der Waals surface area contributed by atoms with Crippen LogP contribution in [0.3, 0.4) is 0 Å². The van der Waals surface area contributed by atoms with E-state index in [0.717, 1.165) is 5.69 Å². The van der Waals surface area contributed by atoms with Gasteiger partial charge in [-0.1, -0.05) is 11.1 Å². The number of rotatable bonds is 2. The van der Waals surface area contributed by atoms with Gasteiger partial charge in [-0.05, 0) is 51.0 Å². The fourth-order valence-electron chi connectivity index (χ4n) is 3.41. The van der Waals surface area contributed by atoms with Crippen LogP contribution in [0.4, 0.5) is 11.4 Å². The van der Waals surface area contributed by atoms with Gasteiger partial charge in [0, 0.05) is 19.8 Å². The fourth-order valence-corrected chi connectivity index (χ4v) is 3.41. The lowest BCUT2D eigenvalue weighted by Gasteiger charge is -2.23. The molecule has 0 bridgehead atoms. The first-order valence-corrected chi connectivity index (χ1v) is 7.70. The SMILES string of the molecule is CC1=C(C)C[C@@H]2C(=O)N(c3ccc(N(C)C)cc3)C(=O)[C@H]2C1. The molecule has 0 aromatic heterocycles. The molecule has 116 valence electrons. The Balaban J connectivity index is 1.90. The summed E-state index contributed by atoms with van der Waals surface area (Å²) in [6.07, 6.45) is 1.43. The number of nitrogens with zero attached hydrogens (tertiary/aromatic N) is 2. The summed E-state index contributed by atoms with van der Waals surface area (Å²) < 4.78 is 0. The van der Waals surface area contributed by atoms with E-state index in [-0.39, 0.29) is 23.7 Å². The zero-order valence-corrected chi connectivity index (χ0v) is 13.6. The fraction of sp³-hybridized carbons (Fsp3) is 0.444. The van der Waals surface area contributed by atoms with Crippen molar-refractivity contribution in [3.63, 3.8) is 0 Å². The van der Waals surface area contributed by atoms with Crippen molar-refractivity contribution in [2.24, 2.45) is 11.8 Å². The van der Waals surface area contributed by atoms with Crippen molar-refractivity contribution >= 4 is 23.2 Å². The topological polar surface area (TPSA) is 40.6 Å². The van der Waals surface area contributed by atoms with Crippen molar-refractivity contribution in [2.45, 2.75) is 26.7 Å². The Kier molecular flexibility index (Phi) is 3.55. The van der Waals surface area contributed by atoms with Crippen LogP contribution in [0.5, 0.6) is 0 Å². The van der Waals surface area contributed by atoms with Crippen LogP contribution in [0.2, 0.25) is 0 Å². The molecule has 2 aliphatic rings. The molecule has 0 saturated carbocycles. The van der Waals surface area contributed by atoms with Crippen LogP contribution in [0.1, 0.15) is 26.7 Å². The van der Waals surface area contributed by atoms with Crippen LogP contribution in [0.15, 0.2) is 35.4 Å². The standard InChI is InChI=1S/C18H22N2O2/c1-11-9-15-16(10-12(11)2)18(22)20(17(15)21)14-7-5-13(6-8-14)19(3)4/h5-8,15-16H,9-10H2,1-4H3/t15-,16-/m0/s1. The van der Waals surface area contributed by atoms with Crippen molar-refractivity contribution in [2.75, 3.05) is 23.9 Å². The van der Waals surface area contributed by atoms with Gasteiger partial charge in [0.1, 0.15) is 0 Å². The number of anilines is 2. The minimum atomic E-state index is -0.176. The lowest BCUT2D eigenvalue weighted by atomic mass is 9.78. The molecule has 1 heterocycles. The van der Waals surface area contributed by atoms with Gasteiger partial charge in [0.15, 0.2) is 0 Å². The molecule has 1 aromatic rings. The highest BCUT2D eigenvalue weighted by molar-refractivity contribution is 6.22. The maximum absolute atomic E-state index is 12.7. The van der Waals surface area contributed by atoms with Crippen molar-refractivity contribution < 1.29 is 9.59 Å². The summed E-state index contributed by atoms with van der Waals surface area (Å²) in [5.41, 5.74) is 4.25. The summed E-state index contributed by atoms with van der Waals surface area (Å²) in [5, 5.41) is 0. The minimum absolute atomic E-state index is 0.0422. The number of allylic oxidation sites excluding steroid dienone is 2. The van der Waals surface area contributed by atoms with Crippen LogP contribution in [-0.4, -0.2) is 25.9 Å². The number of benzene rings is 1. The second-order valence-corrected chi connectivity index (χ2v) is 6.60. The average molecular weight is 298 g/mol. The van der Waals surface area contributed by atoms with Gasteiger partial charge >= 0.3 is 0 Å². The molecule has 0 N–H and O–H groups in total. The Labute approximate surface area is 131 Å². The second-order valence-electron chi connectivity index (χ2n) is 6.60. The molecule has 4 heteroatoms. The van der Waals surface area contributed by atoms with E-state index in [1.165, 1.54) is 16.0 Å². The number of carbonyl (C=O) groups excluding carboxylic acids is 2. The molecule has 1 aromatic carbocycles. The molecule has 4 nitrogen and oxygen atoms in total. The molecule has 1 saturated heterocycles. The highest BCUT2D eigenvalue weighted by Crippen LogP contribution is 2.42. The number of hydrogen-bond acceptors (Lipinski definition) is 3. The molecule has 0 unspecified atom stereocenters. The Bertz CT molecular complexity index is 626. The largest absolute Gasteiger partial charge is 0.378 e. The molecule has 1 aliphatic heterocycles. The third kappa shape index (κ3) is 2.23. The maximum Gasteiger partial charge on any atom is 0.238 e. The van der Waals surface area contributed by atoms with Crippen LogP contribution in [0.25, 0.3) is 0 Å². The maximum atomic E-state index is 12.7. The first kappa shape index (κ1) is 14.8. The second kappa shape index (κ2) is 5.27. The van der Waals surface area contributed by atoms with E-state index in [1.807, 2.05) is 43.3 Å².